The Kier molecular flexibility index (Phi) is 10.7. The van der Waals surface area contributed by atoms with Crippen LogP contribution in [0.3, 0.4) is 0 Å². The van der Waals surface area contributed by atoms with E-state index in [-0.39, 0.29) is 40.7 Å². The Morgan fingerprint density at radius 2 is 1.37 bits per heavy atom. The first kappa shape index (κ1) is 26.8. The largest absolute Gasteiger partial charge is 0.478 e. The molecule has 0 aliphatic heterocycles. The first-order valence-corrected chi connectivity index (χ1v) is 11.5. The number of ether oxygens (including phenoxy) is 3. The third-order valence-electron chi connectivity index (χ3n) is 3.26. The number of anilines is 1. The maximum atomic E-state index is 12.9. The lowest BCUT2D eigenvalue weighted by atomic mass is 10.1. The van der Waals surface area contributed by atoms with Crippen LogP contribution in [-0.2, 0) is 28.6 Å². The normalized spacial score (nSPS) is 10.4. The van der Waals surface area contributed by atoms with Crippen molar-refractivity contribution in [2.24, 2.45) is 0 Å². The van der Waals surface area contributed by atoms with E-state index in [1.54, 1.807) is 67.8 Å². The summed E-state index contributed by atoms with van der Waals surface area (Å²) in [6.07, 6.45) is -1.99. The fourth-order valence-corrected chi connectivity index (χ4v) is 6.45. The maximum absolute atomic E-state index is 12.9. The molecule has 13 heteroatoms. The molecule has 0 radical (unpaired) electrons. The number of nitrogens with one attached hydrogen (secondary N) is 1. The number of hydrogen-bond acceptors (Lipinski definition) is 8. The van der Waals surface area contributed by atoms with Gasteiger partial charge in [0.2, 0.25) is 5.91 Å². The van der Waals surface area contributed by atoms with E-state index in [9.17, 15) is 29.1 Å². The topological polar surface area (TPSA) is 145 Å². The number of hydrogen-bond donors (Lipinski definition) is 2. The highest BCUT2D eigenvalue weighted by atomic mass is 127. The third kappa shape index (κ3) is 6.38. The summed E-state index contributed by atoms with van der Waals surface area (Å²) >= 11 is 5.14. The third-order valence-corrected chi connectivity index (χ3v) is 6.50. The second-order valence-corrected chi connectivity index (χ2v) is 8.58. The highest BCUT2D eigenvalue weighted by molar-refractivity contribution is 14.1. The highest BCUT2D eigenvalue weighted by Crippen LogP contribution is 2.36. The van der Waals surface area contributed by atoms with Gasteiger partial charge in [-0.15, -0.1) is 0 Å². The van der Waals surface area contributed by atoms with E-state index in [0.717, 1.165) is 0 Å². The van der Waals surface area contributed by atoms with E-state index in [0.29, 0.717) is 0 Å². The molecule has 1 rings (SSSR count). The van der Waals surface area contributed by atoms with Crippen molar-refractivity contribution >= 4 is 103 Å². The number of carboxylic acid groups (broad SMARTS) is 1. The minimum absolute atomic E-state index is 0.0134. The summed E-state index contributed by atoms with van der Waals surface area (Å²) in [6.45, 7) is 4.10. The summed E-state index contributed by atoms with van der Waals surface area (Å²) in [5.41, 5.74) is -0.371. The van der Waals surface area contributed by atoms with Crippen LogP contribution in [0.25, 0.3) is 0 Å². The van der Waals surface area contributed by atoms with Gasteiger partial charge in [0, 0.05) is 10.5 Å². The number of carbonyl (C=O) groups is 5. The Balaban J connectivity index is 3.56. The molecule has 0 saturated carbocycles. The van der Waals surface area contributed by atoms with Crippen LogP contribution in [0.5, 0.6) is 0 Å². The number of halogens is 3. The van der Waals surface area contributed by atoms with Crippen molar-refractivity contribution in [3.63, 3.8) is 0 Å². The van der Waals surface area contributed by atoms with Crippen molar-refractivity contribution in [2.75, 3.05) is 18.5 Å². The van der Waals surface area contributed by atoms with Crippen molar-refractivity contribution in [3.05, 3.63) is 21.8 Å². The van der Waals surface area contributed by atoms with E-state index >= 15 is 0 Å². The Bertz CT molecular complexity index is 883. The quantitative estimate of drug-likeness (QED) is 0.177. The van der Waals surface area contributed by atoms with Crippen LogP contribution in [0.4, 0.5) is 5.69 Å². The highest BCUT2D eigenvalue weighted by Gasteiger charge is 2.36. The van der Waals surface area contributed by atoms with Crippen molar-refractivity contribution in [3.8, 4) is 0 Å². The van der Waals surface area contributed by atoms with Crippen LogP contribution in [0, 0.1) is 10.7 Å². The van der Waals surface area contributed by atoms with Crippen LogP contribution in [0.15, 0.2) is 0 Å². The van der Waals surface area contributed by atoms with Gasteiger partial charge in [0.25, 0.3) is 6.10 Å². The predicted octanol–water partition coefficient (Wildman–Crippen LogP) is 2.81. The van der Waals surface area contributed by atoms with Gasteiger partial charge in [0.05, 0.1) is 37.2 Å². The van der Waals surface area contributed by atoms with Crippen molar-refractivity contribution in [2.45, 2.75) is 26.9 Å². The number of rotatable bonds is 8. The Labute approximate surface area is 212 Å². The summed E-state index contributed by atoms with van der Waals surface area (Å²) in [5, 5.41) is 12.1. The standard InChI is InChI=1S/C17H16I3NO9/c1-4-28-16(26)13(17(27)29-5-2)30-15(25)8-9(18)7(14(23)24)10(19)12(11(8)20)21-6(3)22/h13H,4-5H2,1-3H3,(H,21,22)(H,23,24). The number of carboxylic acids is 1. The molecule has 0 unspecified atom stereocenters. The van der Waals surface area contributed by atoms with E-state index in [4.69, 9.17) is 14.2 Å². The fraction of sp³-hybridized carbons (Fsp3) is 0.353. The van der Waals surface area contributed by atoms with Gasteiger partial charge in [0.1, 0.15) is 0 Å². The maximum Gasteiger partial charge on any atom is 0.359 e. The second-order valence-electron chi connectivity index (χ2n) is 5.34. The van der Waals surface area contributed by atoms with E-state index < -0.39 is 35.9 Å². The lowest BCUT2D eigenvalue weighted by Crippen LogP contribution is -2.38. The van der Waals surface area contributed by atoms with Crippen LogP contribution in [0.2, 0.25) is 0 Å². The smallest absolute Gasteiger partial charge is 0.359 e. The summed E-state index contributed by atoms with van der Waals surface area (Å²) in [5.74, 6) is -5.23. The summed E-state index contributed by atoms with van der Waals surface area (Å²) in [7, 11) is 0. The molecule has 10 nitrogen and oxygen atoms in total. The Morgan fingerprint density at radius 3 is 1.77 bits per heavy atom. The zero-order valence-electron chi connectivity index (χ0n) is 15.8. The second kappa shape index (κ2) is 12.0. The van der Waals surface area contributed by atoms with Gasteiger partial charge in [-0.2, -0.15) is 0 Å². The zero-order valence-corrected chi connectivity index (χ0v) is 22.3. The van der Waals surface area contributed by atoms with Gasteiger partial charge in [-0.25, -0.2) is 19.2 Å². The Morgan fingerprint density at radius 1 is 0.900 bits per heavy atom. The van der Waals surface area contributed by atoms with Crippen molar-refractivity contribution < 1.29 is 43.3 Å². The van der Waals surface area contributed by atoms with Gasteiger partial charge in [-0.05, 0) is 81.6 Å². The van der Waals surface area contributed by atoms with Crippen LogP contribution in [-0.4, -0.2) is 54.2 Å². The molecule has 0 aromatic heterocycles. The SMILES string of the molecule is CCOC(=O)C(OC(=O)c1c(I)c(NC(C)=O)c(I)c(C(=O)O)c1I)C(=O)OCC. The molecule has 0 heterocycles. The first-order chi connectivity index (χ1) is 14.0. The molecule has 1 amide bonds. The molecule has 0 aliphatic rings. The lowest BCUT2D eigenvalue weighted by Gasteiger charge is -2.19. The molecular formula is C17H16I3NO9. The van der Waals surface area contributed by atoms with Crippen molar-refractivity contribution in [1.29, 1.82) is 0 Å². The molecular weight excluding hydrogens is 743 g/mol. The average molecular weight is 759 g/mol. The lowest BCUT2D eigenvalue weighted by molar-refractivity contribution is -0.168. The molecule has 2 N–H and O–H groups in total. The number of esters is 3. The molecule has 0 saturated heterocycles. The fourth-order valence-electron chi connectivity index (χ4n) is 2.11. The van der Waals surface area contributed by atoms with Crippen LogP contribution < -0.4 is 5.32 Å². The van der Waals surface area contributed by atoms with Gasteiger partial charge in [-0.1, -0.05) is 0 Å². The Hall–Kier alpha value is -1.24. The van der Waals surface area contributed by atoms with Gasteiger partial charge in [0.15, 0.2) is 0 Å². The number of aromatic carboxylic acids is 1. The van der Waals surface area contributed by atoms with Gasteiger partial charge >= 0.3 is 23.9 Å². The molecule has 1 aromatic rings. The number of amides is 1. The summed E-state index contributed by atoms with van der Waals surface area (Å²) in [6, 6.07) is 0. The minimum Gasteiger partial charge on any atom is -0.478 e. The van der Waals surface area contributed by atoms with Gasteiger partial charge < -0.3 is 24.6 Å². The average Bonchev–Trinajstić information content (AvgIpc) is 2.63. The number of benzene rings is 1. The molecule has 1 aromatic carbocycles. The molecule has 0 bridgehead atoms. The van der Waals surface area contributed by atoms with Crippen LogP contribution >= 0.6 is 67.8 Å². The molecule has 0 spiro atoms. The zero-order chi connectivity index (χ0) is 23.2. The molecule has 0 fully saturated rings. The number of carbonyl (C=O) groups excluding carboxylic acids is 4. The molecule has 164 valence electrons. The van der Waals surface area contributed by atoms with Gasteiger partial charge in [-0.3, -0.25) is 4.79 Å². The predicted molar refractivity (Wildman–Crippen MR) is 128 cm³/mol. The van der Waals surface area contributed by atoms with E-state index in [1.165, 1.54) is 20.8 Å². The molecule has 30 heavy (non-hydrogen) atoms. The van der Waals surface area contributed by atoms with Crippen LogP contribution in [0.1, 0.15) is 41.5 Å². The molecule has 0 atom stereocenters. The molecule has 0 aliphatic carbocycles. The monoisotopic (exact) mass is 759 g/mol. The van der Waals surface area contributed by atoms with E-state index in [2.05, 4.69) is 5.32 Å². The van der Waals surface area contributed by atoms with Crippen molar-refractivity contribution in [1.82, 2.24) is 0 Å². The minimum atomic E-state index is -1.99. The van der Waals surface area contributed by atoms with E-state index in [1.807, 2.05) is 0 Å². The summed E-state index contributed by atoms with van der Waals surface area (Å²) < 4.78 is 15.0. The summed E-state index contributed by atoms with van der Waals surface area (Å²) in [4.78, 5) is 60.4. The first-order valence-electron chi connectivity index (χ1n) is 8.23.